The van der Waals surface area contributed by atoms with Crippen molar-refractivity contribution in [3.8, 4) is 0 Å². The van der Waals surface area contributed by atoms with Crippen molar-refractivity contribution in [3.63, 3.8) is 0 Å². The van der Waals surface area contributed by atoms with Crippen LogP contribution in [0.1, 0.15) is 0 Å². The zero-order valence-electron chi connectivity index (χ0n) is 16.2. The molecule has 0 amide bonds. The summed E-state index contributed by atoms with van der Waals surface area (Å²) < 4.78 is 41.1. The molecule has 0 radical (unpaired) electrons. The minimum Gasteiger partial charge on any atom is -0.467 e. The molecule has 162 valence electrons. The molecular weight excluding hydrogens is 364 g/mol. The van der Waals surface area contributed by atoms with Crippen LogP contribution in [0.2, 0.25) is 0 Å². The molecule has 10 nitrogen and oxygen atoms in total. The molecule has 0 aliphatic heterocycles. The molecule has 0 aliphatic carbocycles. The highest BCUT2D eigenvalue weighted by molar-refractivity contribution is 5.70. The van der Waals surface area contributed by atoms with E-state index in [1.165, 1.54) is 7.11 Å². The van der Waals surface area contributed by atoms with Crippen LogP contribution in [0.3, 0.4) is 0 Å². The lowest BCUT2D eigenvalue weighted by Crippen LogP contribution is -2.16. The second-order valence-electron chi connectivity index (χ2n) is 5.03. The molecule has 0 saturated heterocycles. The zero-order chi connectivity index (χ0) is 19.8. The maximum atomic E-state index is 10.8. The Labute approximate surface area is 160 Å². The van der Waals surface area contributed by atoms with Gasteiger partial charge in [-0.05, 0) is 0 Å². The molecule has 0 atom stereocenters. The van der Waals surface area contributed by atoms with Crippen molar-refractivity contribution in [2.24, 2.45) is 0 Å². The standard InChI is InChI=1S/C17H34O10/c1-20-17(19)16-27-15-14-26-13-12-25-11-10-24-9-8-23-7-6-22-5-4-21-3-2-18/h18H,2-16H2,1H3. The Balaban J connectivity index is 3.00. The van der Waals surface area contributed by atoms with Crippen molar-refractivity contribution >= 4 is 5.97 Å². The maximum Gasteiger partial charge on any atom is 0.331 e. The first-order valence-corrected chi connectivity index (χ1v) is 9.03. The molecule has 0 aromatic rings. The molecule has 0 aromatic carbocycles. The van der Waals surface area contributed by atoms with Crippen LogP contribution in [0, 0.1) is 0 Å². The molecule has 27 heavy (non-hydrogen) atoms. The van der Waals surface area contributed by atoms with Crippen LogP contribution in [0.4, 0.5) is 0 Å². The van der Waals surface area contributed by atoms with E-state index in [0.29, 0.717) is 85.9 Å². The molecule has 0 heterocycles. The van der Waals surface area contributed by atoms with Crippen molar-refractivity contribution in [3.05, 3.63) is 0 Å². The van der Waals surface area contributed by atoms with E-state index >= 15 is 0 Å². The maximum absolute atomic E-state index is 10.8. The quantitative estimate of drug-likeness (QED) is 0.185. The summed E-state index contributed by atoms with van der Waals surface area (Å²) in [6.07, 6.45) is 0. The van der Waals surface area contributed by atoms with E-state index in [9.17, 15) is 4.79 Å². The number of aliphatic hydroxyl groups is 1. The summed E-state index contributed by atoms with van der Waals surface area (Å²) in [5, 5.41) is 8.51. The normalized spacial score (nSPS) is 11.0. The first kappa shape index (κ1) is 26.1. The third kappa shape index (κ3) is 23.1. The van der Waals surface area contributed by atoms with E-state index in [4.69, 9.17) is 38.3 Å². The lowest BCUT2D eigenvalue weighted by molar-refractivity contribution is -0.146. The van der Waals surface area contributed by atoms with Gasteiger partial charge in [-0.3, -0.25) is 0 Å². The van der Waals surface area contributed by atoms with Gasteiger partial charge in [0, 0.05) is 0 Å². The zero-order valence-corrected chi connectivity index (χ0v) is 16.2. The van der Waals surface area contributed by atoms with Gasteiger partial charge in [0.1, 0.15) is 6.61 Å². The molecule has 1 N–H and O–H groups in total. The Bertz CT molecular complexity index is 303. The van der Waals surface area contributed by atoms with Crippen molar-refractivity contribution in [2.45, 2.75) is 0 Å². The predicted octanol–water partition coefficient (Wildman–Crippen LogP) is -0.732. The van der Waals surface area contributed by atoms with Gasteiger partial charge in [-0.2, -0.15) is 0 Å². The van der Waals surface area contributed by atoms with E-state index < -0.39 is 5.97 Å². The number of hydrogen-bond acceptors (Lipinski definition) is 10. The van der Waals surface area contributed by atoms with Gasteiger partial charge in [0.2, 0.25) is 0 Å². The number of rotatable bonds is 22. The molecule has 0 bridgehead atoms. The third-order valence-corrected chi connectivity index (χ3v) is 2.92. The summed E-state index contributed by atoms with van der Waals surface area (Å²) in [5.74, 6) is -0.405. The highest BCUT2D eigenvalue weighted by Crippen LogP contribution is 1.85. The molecule has 0 fully saturated rings. The Hall–Kier alpha value is -0.850. The van der Waals surface area contributed by atoms with Crippen LogP contribution < -0.4 is 0 Å². The Morgan fingerprint density at radius 2 is 0.852 bits per heavy atom. The number of methoxy groups -OCH3 is 1. The first-order valence-electron chi connectivity index (χ1n) is 9.03. The number of hydrogen-bond donors (Lipinski definition) is 1. The van der Waals surface area contributed by atoms with Crippen molar-refractivity contribution in [1.29, 1.82) is 0 Å². The highest BCUT2D eigenvalue weighted by Gasteiger charge is 1.99. The molecule has 0 rings (SSSR count). The second-order valence-corrected chi connectivity index (χ2v) is 5.03. The number of carbonyl (C=O) groups excluding carboxylic acids is 1. The number of aliphatic hydroxyl groups excluding tert-OH is 1. The number of esters is 1. The highest BCUT2D eigenvalue weighted by atomic mass is 16.6. The molecule has 0 spiro atoms. The largest absolute Gasteiger partial charge is 0.467 e. The van der Waals surface area contributed by atoms with Gasteiger partial charge in [-0.25, -0.2) is 4.79 Å². The van der Waals surface area contributed by atoms with Gasteiger partial charge in [-0.1, -0.05) is 0 Å². The van der Waals surface area contributed by atoms with Gasteiger partial charge in [0.25, 0.3) is 0 Å². The van der Waals surface area contributed by atoms with E-state index in [0.717, 1.165) is 0 Å². The number of carbonyl (C=O) groups is 1. The molecular formula is C17H34O10. The van der Waals surface area contributed by atoms with Crippen molar-refractivity contribution in [2.75, 3.05) is 106 Å². The van der Waals surface area contributed by atoms with E-state index in [-0.39, 0.29) is 13.2 Å². The van der Waals surface area contributed by atoms with Crippen LogP contribution in [-0.4, -0.2) is 117 Å². The molecule has 0 unspecified atom stereocenters. The fourth-order valence-corrected chi connectivity index (χ4v) is 1.60. The lowest BCUT2D eigenvalue weighted by Gasteiger charge is -2.08. The average molecular weight is 398 g/mol. The third-order valence-electron chi connectivity index (χ3n) is 2.92. The van der Waals surface area contributed by atoms with Crippen molar-refractivity contribution in [1.82, 2.24) is 0 Å². The minimum absolute atomic E-state index is 0.0249. The van der Waals surface area contributed by atoms with Crippen molar-refractivity contribution < 1.29 is 47.8 Å². The monoisotopic (exact) mass is 398 g/mol. The van der Waals surface area contributed by atoms with Gasteiger partial charge in [0.05, 0.1) is 99.6 Å². The van der Waals surface area contributed by atoms with E-state index in [2.05, 4.69) is 4.74 Å². The first-order chi connectivity index (χ1) is 13.3. The van der Waals surface area contributed by atoms with Crippen LogP contribution in [-0.2, 0) is 42.7 Å². The van der Waals surface area contributed by atoms with Gasteiger partial charge < -0.3 is 43.0 Å². The summed E-state index contributed by atoms with van der Waals surface area (Å²) in [4.78, 5) is 10.8. The summed E-state index contributed by atoms with van der Waals surface area (Å²) in [7, 11) is 1.31. The second kappa shape index (κ2) is 23.2. The fourth-order valence-electron chi connectivity index (χ4n) is 1.60. The minimum atomic E-state index is -0.405. The van der Waals surface area contributed by atoms with Gasteiger partial charge in [0.15, 0.2) is 0 Å². The average Bonchev–Trinajstić information content (AvgIpc) is 2.68. The number of ether oxygens (including phenoxy) is 8. The van der Waals surface area contributed by atoms with Gasteiger partial charge >= 0.3 is 5.97 Å². The van der Waals surface area contributed by atoms with Crippen LogP contribution in [0.15, 0.2) is 0 Å². The predicted molar refractivity (Wildman–Crippen MR) is 94.8 cm³/mol. The molecule has 0 saturated carbocycles. The van der Waals surface area contributed by atoms with Crippen LogP contribution >= 0.6 is 0 Å². The summed E-state index contributed by atoms with van der Waals surface area (Å²) >= 11 is 0. The Morgan fingerprint density at radius 3 is 1.15 bits per heavy atom. The molecule has 0 aliphatic rings. The van der Waals surface area contributed by atoms with Gasteiger partial charge in [-0.15, -0.1) is 0 Å². The topological polar surface area (TPSA) is 111 Å². The fraction of sp³-hybridized carbons (Fsp3) is 0.941. The molecule has 10 heteroatoms. The van der Waals surface area contributed by atoms with Crippen LogP contribution in [0.25, 0.3) is 0 Å². The van der Waals surface area contributed by atoms with E-state index in [1.807, 2.05) is 0 Å². The SMILES string of the molecule is COC(=O)COCCOCCOCCOCCOCCOCCOCCO. The Kier molecular flexibility index (Phi) is 22.5. The van der Waals surface area contributed by atoms with E-state index in [1.54, 1.807) is 0 Å². The smallest absolute Gasteiger partial charge is 0.331 e. The van der Waals surface area contributed by atoms with Crippen LogP contribution in [0.5, 0.6) is 0 Å². The summed E-state index contributed by atoms with van der Waals surface area (Å²) in [6, 6.07) is 0. The Morgan fingerprint density at radius 1 is 0.556 bits per heavy atom. The summed E-state index contributed by atoms with van der Waals surface area (Å²) in [6.45, 7) is 5.88. The molecule has 0 aromatic heterocycles. The summed E-state index contributed by atoms with van der Waals surface area (Å²) in [5.41, 5.74) is 0. The lowest BCUT2D eigenvalue weighted by atomic mass is 10.6.